The molecule has 5 rings (SSSR count). The molecule has 0 spiro atoms. The fourth-order valence-electron chi connectivity index (χ4n) is 5.13. The smallest absolute Gasteiger partial charge is 0.496 e. The molecule has 0 unspecified atom stereocenters. The highest BCUT2D eigenvalue weighted by Gasteiger charge is 2.49. The van der Waals surface area contributed by atoms with Crippen LogP contribution in [-0.4, -0.2) is 43.9 Å². The summed E-state index contributed by atoms with van der Waals surface area (Å²) in [6.07, 6.45) is 6.78. The van der Waals surface area contributed by atoms with Crippen LogP contribution in [0.5, 0.6) is 5.75 Å². The minimum absolute atomic E-state index is 0.0342. The molecule has 3 aromatic rings. The average Bonchev–Trinajstić information content (AvgIpc) is 3.66. The lowest BCUT2D eigenvalue weighted by Crippen LogP contribution is -2.47. The molecule has 1 saturated carbocycles. The number of hydrogen-bond acceptors (Lipinski definition) is 7. The van der Waals surface area contributed by atoms with Gasteiger partial charge in [-0.1, -0.05) is 18.2 Å². The number of benzene rings is 2. The minimum atomic E-state index is -5.62. The van der Waals surface area contributed by atoms with Crippen molar-refractivity contribution in [3.05, 3.63) is 72.4 Å². The molecule has 2 amide bonds. The zero-order chi connectivity index (χ0) is 28.8. The van der Waals surface area contributed by atoms with Crippen LogP contribution in [0.2, 0.25) is 0 Å². The van der Waals surface area contributed by atoms with Crippen LogP contribution >= 0.6 is 0 Å². The van der Waals surface area contributed by atoms with Crippen LogP contribution in [0, 0.1) is 23.6 Å². The van der Waals surface area contributed by atoms with Gasteiger partial charge in [0, 0.05) is 17.8 Å². The van der Waals surface area contributed by atoms with Crippen molar-refractivity contribution in [2.75, 3.05) is 12.4 Å². The van der Waals surface area contributed by atoms with Crippen LogP contribution < -0.4 is 15.4 Å². The van der Waals surface area contributed by atoms with Crippen LogP contribution in [0.25, 0.3) is 11.5 Å². The molecule has 2 bridgehead atoms. The predicted molar refractivity (Wildman–Crippen MR) is 132 cm³/mol. The quantitative estimate of drug-likeness (QED) is 0.315. The molecule has 2 aliphatic carbocycles. The Balaban J connectivity index is 1.39. The Morgan fingerprint density at radius 1 is 1.12 bits per heavy atom. The normalized spacial score (nSPS) is 21.8. The molecule has 2 aliphatic rings. The zero-order valence-corrected chi connectivity index (χ0v) is 21.4. The van der Waals surface area contributed by atoms with Gasteiger partial charge in [0.05, 0.1) is 35.2 Å². The van der Waals surface area contributed by atoms with Crippen LogP contribution in [0.4, 0.5) is 23.2 Å². The van der Waals surface area contributed by atoms with Gasteiger partial charge in [-0.05, 0) is 42.5 Å². The number of sulfone groups is 1. The van der Waals surface area contributed by atoms with Crippen molar-refractivity contribution < 1.29 is 44.7 Å². The Hall–Kier alpha value is -4.20. The summed E-state index contributed by atoms with van der Waals surface area (Å²) in [6, 6.07) is 5.37. The van der Waals surface area contributed by atoms with E-state index >= 15 is 0 Å². The zero-order valence-electron chi connectivity index (χ0n) is 20.6. The first-order valence-corrected chi connectivity index (χ1v) is 13.4. The van der Waals surface area contributed by atoms with E-state index in [0.717, 1.165) is 24.3 Å². The molecule has 40 heavy (non-hydrogen) atoms. The monoisotopic (exact) mass is 579 g/mol. The predicted octanol–water partition coefficient (Wildman–Crippen LogP) is 4.34. The van der Waals surface area contributed by atoms with Crippen LogP contribution in [0.15, 0.2) is 70.3 Å². The first-order valence-electron chi connectivity index (χ1n) is 11.9. The first kappa shape index (κ1) is 27.4. The van der Waals surface area contributed by atoms with Crippen molar-refractivity contribution in [1.82, 2.24) is 10.3 Å². The minimum Gasteiger partial charge on any atom is -0.496 e. The number of aromatic nitrogens is 1. The second kappa shape index (κ2) is 10.1. The Morgan fingerprint density at radius 2 is 1.88 bits per heavy atom. The van der Waals surface area contributed by atoms with Gasteiger partial charge in [-0.15, -0.1) is 0 Å². The van der Waals surface area contributed by atoms with Gasteiger partial charge in [-0.25, -0.2) is 17.8 Å². The van der Waals surface area contributed by atoms with E-state index in [9.17, 15) is 35.6 Å². The molecule has 1 fully saturated rings. The molecule has 0 aliphatic heterocycles. The number of nitrogens with one attached hydrogen (secondary N) is 2. The maximum Gasteiger partial charge on any atom is 0.501 e. The van der Waals surface area contributed by atoms with Gasteiger partial charge in [-0.2, -0.15) is 13.2 Å². The number of ether oxygens (including phenoxy) is 1. The molecule has 1 aromatic heterocycles. The molecule has 0 saturated heterocycles. The molecule has 14 heteroatoms. The molecule has 0 radical (unpaired) electrons. The molecule has 9 nitrogen and oxygen atoms in total. The molecule has 2 N–H and O–H groups in total. The summed E-state index contributed by atoms with van der Waals surface area (Å²) in [7, 11) is -4.35. The maximum absolute atomic E-state index is 14.6. The van der Waals surface area contributed by atoms with Gasteiger partial charge in [0.15, 0.2) is 0 Å². The number of allylic oxidation sites excluding steroid dienone is 1. The van der Waals surface area contributed by atoms with E-state index in [4.69, 9.17) is 9.15 Å². The lowest BCUT2D eigenvalue weighted by molar-refractivity contribution is -0.121. The fourth-order valence-corrected chi connectivity index (χ4v) is 5.93. The van der Waals surface area contributed by atoms with Gasteiger partial charge in [-0.3, -0.25) is 9.59 Å². The number of carbonyl (C=O) groups is 2. The van der Waals surface area contributed by atoms with Crippen LogP contribution in [0.1, 0.15) is 16.8 Å². The third-order valence-electron chi connectivity index (χ3n) is 6.97. The highest BCUT2D eigenvalue weighted by atomic mass is 32.2. The molecule has 2 aromatic carbocycles. The number of methoxy groups -OCH3 is 1. The Bertz CT molecular complexity index is 1600. The van der Waals surface area contributed by atoms with Gasteiger partial charge < -0.3 is 19.8 Å². The fraction of sp³-hybridized carbons (Fsp3) is 0.269. The lowest BCUT2D eigenvalue weighted by atomic mass is 9.87. The Morgan fingerprint density at radius 3 is 2.55 bits per heavy atom. The molecule has 1 heterocycles. The molecular formula is C26H21F4N3O6S. The van der Waals surface area contributed by atoms with E-state index in [-0.39, 0.29) is 40.3 Å². The van der Waals surface area contributed by atoms with Crippen molar-refractivity contribution in [2.45, 2.75) is 22.9 Å². The molecule has 210 valence electrons. The van der Waals surface area contributed by atoms with E-state index in [1.165, 1.54) is 31.7 Å². The summed E-state index contributed by atoms with van der Waals surface area (Å²) < 4.78 is 87.5. The lowest BCUT2D eigenvalue weighted by Gasteiger charge is -2.28. The van der Waals surface area contributed by atoms with Gasteiger partial charge in [0.25, 0.3) is 15.7 Å². The average molecular weight is 580 g/mol. The van der Waals surface area contributed by atoms with Gasteiger partial charge >= 0.3 is 5.51 Å². The third kappa shape index (κ3) is 4.83. The van der Waals surface area contributed by atoms with E-state index in [1.807, 2.05) is 12.2 Å². The number of halogens is 4. The topological polar surface area (TPSA) is 128 Å². The summed E-state index contributed by atoms with van der Waals surface area (Å²) in [4.78, 5) is 29.6. The van der Waals surface area contributed by atoms with Crippen molar-refractivity contribution in [1.29, 1.82) is 0 Å². The van der Waals surface area contributed by atoms with Gasteiger partial charge in [0.2, 0.25) is 11.8 Å². The van der Waals surface area contributed by atoms with Gasteiger partial charge in [0.1, 0.15) is 17.8 Å². The van der Waals surface area contributed by atoms with Crippen LogP contribution in [0.3, 0.4) is 0 Å². The summed E-state index contributed by atoms with van der Waals surface area (Å²) in [5.41, 5.74) is -5.77. The largest absolute Gasteiger partial charge is 0.501 e. The summed E-state index contributed by atoms with van der Waals surface area (Å²) >= 11 is 0. The molecular weight excluding hydrogens is 558 g/mol. The SMILES string of the molecule is COc1cc(F)c(-c2ncco2)cc1C(=O)N[C@H]1[C@@H](C(=O)Nc2cccc(S(=O)(=O)C(F)(F)F)c2)[C@@H]2C=C[C@H]1C2. The number of hydrogen-bond donors (Lipinski definition) is 2. The number of amides is 2. The highest BCUT2D eigenvalue weighted by molar-refractivity contribution is 7.92. The van der Waals surface area contributed by atoms with Crippen molar-refractivity contribution in [3.63, 3.8) is 0 Å². The number of alkyl halides is 3. The standard InChI is InChI=1S/C26H21F4N3O6S/c1-38-20-12-19(27)17(25-31-7-8-39-25)11-18(20)23(34)33-22-14-6-5-13(9-14)21(22)24(35)32-15-3-2-4-16(10-15)40(36,37)26(28,29)30/h2-8,10-14,21-22H,9H2,1H3,(H,32,35)(H,33,34)/t13-,14+,21+,22-/m1/s1. The maximum atomic E-state index is 14.6. The summed E-state index contributed by atoms with van der Waals surface area (Å²) in [5.74, 6) is -3.45. The van der Waals surface area contributed by atoms with E-state index in [0.29, 0.717) is 6.42 Å². The molecule has 4 atom stereocenters. The highest BCUT2D eigenvalue weighted by Crippen LogP contribution is 2.44. The number of nitrogens with zero attached hydrogens (tertiary/aromatic N) is 1. The Labute approximate surface area is 225 Å². The summed E-state index contributed by atoms with van der Waals surface area (Å²) in [5, 5.41) is 5.30. The third-order valence-corrected chi connectivity index (χ3v) is 8.46. The second-order valence-electron chi connectivity index (χ2n) is 9.31. The first-order chi connectivity index (χ1) is 18.9. The number of oxazole rings is 1. The number of fused-ring (bicyclic) bond motifs is 2. The number of rotatable bonds is 7. The summed E-state index contributed by atoms with van der Waals surface area (Å²) in [6.45, 7) is 0. The van der Waals surface area contributed by atoms with Crippen molar-refractivity contribution in [2.24, 2.45) is 17.8 Å². The van der Waals surface area contributed by atoms with Crippen LogP contribution in [-0.2, 0) is 14.6 Å². The van der Waals surface area contributed by atoms with E-state index < -0.39 is 49.8 Å². The van der Waals surface area contributed by atoms with Crippen molar-refractivity contribution in [3.8, 4) is 17.2 Å². The number of anilines is 1. The van der Waals surface area contributed by atoms with E-state index in [1.54, 1.807) is 0 Å². The second-order valence-corrected chi connectivity index (χ2v) is 11.3. The number of carbonyl (C=O) groups excluding carboxylic acids is 2. The van der Waals surface area contributed by atoms with E-state index in [2.05, 4.69) is 15.6 Å². The Kier molecular flexibility index (Phi) is 6.90. The van der Waals surface area contributed by atoms with Crippen molar-refractivity contribution >= 4 is 27.3 Å².